The summed E-state index contributed by atoms with van der Waals surface area (Å²) in [5, 5.41) is 11.2. The van der Waals surface area contributed by atoms with E-state index < -0.39 is 23.9 Å². The molecule has 1 aliphatic heterocycles. The van der Waals surface area contributed by atoms with E-state index >= 15 is 0 Å². The topological polar surface area (TPSA) is 142 Å². The van der Waals surface area contributed by atoms with Gasteiger partial charge in [-0.1, -0.05) is 78.6 Å². The number of nitrogens with two attached hydrogens (primary N) is 1. The summed E-state index contributed by atoms with van der Waals surface area (Å²) >= 11 is 0. The zero-order chi connectivity index (χ0) is 26.8. The predicted molar refractivity (Wildman–Crippen MR) is 143 cm³/mol. The lowest BCUT2D eigenvalue weighted by Gasteiger charge is -2.27. The SMILES string of the molecule is CCCCCCCCCCC[C@H]1CC(=O)NCC(=O)N[C@@H](CCCCN)C(=O)N[C@@H](C(C)C)C(=O)N1. The Morgan fingerprint density at radius 2 is 1.36 bits per heavy atom. The Morgan fingerprint density at radius 1 is 0.750 bits per heavy atom. The summed E-state index contributed by atoms with van der Waals surface area (Å²) < 4.78 is 0. The fourth-order valence-corrected chi connectivity index (χ4v) is 4.49. The van der Waals surface area contributed by atoms with Crippen LogP contribution in [0.25, 0.3) is 0 Å². The molecule has 4 amide bonds. The number of rotatable bonds is 15. The molecular weight excluding hydrogens is 458 g/mol. The first-order valence-corrected chi connectivity index (χ1v) is 14.1. The van der Waals surface area contributed by atoms with E-state index in [-0.39, 0.29) is 36.7 Å². The highest BCUT2D eigenvalue weighted by Gasteiger charge is 2.30. The zero-order valence-corrected chi connectivity index (χ0v) is 22.8. The van der Waals surface area contributed by atoms with Crippen molar-refractivity contribution in [3.63, 3.8) is 0 Å². The van der Waals surface area contributed by atoms with Gasteiger partial charge in [-0.3, -0.25) is 19.2 Å². The number of hydrogen-bond donors (Lipinski definition) is 5. The molecule has 0 radical (unpaired) electrons. The molecule has 208 valence electrons. The zero-order valence-electron chi connectivity index (χ0n) is 22.8. The van der Waals surface area contributed by atoms with Gasteiger partial charge >= 0.3 is 0 Å². The second kappa shape index (κ2) is 19.0. The lowest BCUT2D eigenvalue weighted by Crippen LogP contribution is -2.56. The van der Waals surface area contributed by atoms with Gasteiger partial charge in [0.25, 0.3) is 0 Å². The Kier molecular flexibility index (Phi) is 16.8. The van der Waals surface area contributed by atoms with Gasteiger partial charge < -0.3 is 27.0 Å². The van der Waals surface area contributed by atoms with E-state index in [1.165, 1.54) is 38.5 Å². The van der Waals surface area contributed by atoms with Crippen LogP contribution in [-0.2, 0) is 19.2 Å². The molecule has 1 saturated heterocycles. The first-order valence-electron chi connectivity index (χ1n) is 14.1. The van der Waals surface area contributed by atoms with Crippen molar-refractivity contribution in [1.29, 1.82) is 0 Å². The maximum absolute atomic E-state index is 13.2. The van der Waals surface area contributed by atoms with Crippen molar-refractivity contribution in [3.8, 4) is 0 Å². The fourth-order valence-electron chi connectivity index (χ4n) is 4.49. The van der Waals surface area contributed by atoms with E-state index in [2.05, 4.69) is 28.2 Å². The van der Waals surface area contributed by atoms with Crippen LogP contribution in [0.2, 0.25) is 0 Å². The van der Waals surface area contributed by atoms with E-state index in [0.717, 1.165) is 25.7 Å². The van der Waals surface area contributed by atoms with E-state index in [1.54, 1.807) is 0 Å². The van der Waals surface area contributed by atoms with E-state index in [9.17, 15) is 19.2 Å². The molecule has 6 N–H and O–H groups in total. The third kappa shape index (κ3) is 13.8. The van der Waals surface area contributed by atoms with Crippen molar-refractivity contribution in [3.05, 3.63) is 0 Å². The summed E-state index contributed by atoms with van der Waals surface area (Å²) in [6.07, 6.45) is 13.3. The van der Waals surface area contributed by atoms with Crippen LogP contribution in [0, 0.1) is 5.92 Å². The van der Waals surface area contributed by atoms with Gasteiger partial charge in [0.1, 0.15) is 12.1 Å². The van der Waals surface area contributed by atoms with Gasteiger partial charge in [-0.15, -0.1) is 0 Å². The number of nitrogens with one attached hydrogen (secondary N) is 4. The molecule has 36 heavy (non-hydrogen) atoms. The summed E-state index contributed by atoms with van der Waals surface area (Å²) in [5.41, 5.74) is 5.56. The maximum atomic E-state index is 13.2. The van der Waals surface area contributed by atoms with E-state index in [0.29, 0.717) is 25.8 Å². The van der Waals surface area contributed by atoms with Crippen molar-refractivity contribution < 1.29 is 19.2 Å². The molecule has 1 heterocycles. The van der Waals surface area contributed by atoms with Gasteiger partial charge in [0.2, 0.25) is 23.6 Å². The van der Waals surface area contributed by atoms with Crippen molar-refractivity contribution in [2.45, 2.75) is 129 Å². The average Bonchev–Trinajstić information content (AvgIpc) is 2.84. The Balaban J connectivity index is 2.77. The predicted octanol–water partition coefficient (Wildman–Crippen LogP) is 2.67. The molecule has 9 heteroatoms. The van der Waals surface area contributed by atoms with Crippen LogP contribution < -0.4 is 27.0 Å². The van der Waals surface area contributed by atoms with Crippen LogP contribution in [-0.4, -0.2) is 54.8 Å². The molecule has 1 fully saturated rings. The van der Waals surface area contributed by atoms with Crippen LogP contribution in [0.15, 0.2) is 0 Å². The fraction of sp³-hybridized carbons (Fsp3) is 0.852. The lowest BCUT2D eigenvalue weighted by atomic mass is 9.99. The standard InChI is InChI=1S/C27H51N5O4/c1-4-5-6-7-8-9-10-11-12-15-21-18-23(33)29-19-24(34)31-22(16-13-14-17-28)26(35)32-25(20(2)3)27(36)30-21/h20-22,25H,4-19,28H2,1-3H3,(H,29,33)(H,30,36)(H,31,34)(H,32,35)/t21-,22-,25-/m0/s1. The Morgan fingerprint density at radius 3 is 1.97 bits per heavy atom. The van der Waals surface area contributed by atoms with Gasteiger partial charge in [0.15, 0.2) is 0 Å². The summed E-state index contributed by atoms with van der Waals surface area (Å²) in [7, 11) is 0. The van der Waals surface area contributed by atoms with Crippen LogP contribution in [0.1, 0.15) is 111 Å². The molecule has 1 aliphatic rings. The Labute approximate surface area is 217 Å². The normalized spacial score (nSPS) is 22.1. The maximum Gasteiger partial charge on any atom is 0.243 e. The van der Waals surface area contributed by atoms with Crippen LogP contribution in [0.4, 0.5) is 0 Å². The van der Waals surface area contributed by atoms with Crippen LogP contribution in [0.3, 0.4) is 0 Å². The van der Waals surface area contributed by atoms with Crippen molar-refractivity contribution in [2.75, 3.05) is 13.1 Å². The number of carbonyl (C=O) groups excluding carboxylic acids is 4. The molecule has 0 aromatic carbocycles. The monoisotopic (exact) mass is 509 g/mol. The number of unbranched alkanes of at least 4 members (excludes halogenated alkanes) is 9. The third-order valence-corrected chi connectivity index (χ3v) is 6.73. The van der Waals surface area contributed by atoms with E-state index in [1.807, 2.05) is 13.8 Å². The summed E-state index contributed by atoms with van der Waals surface area (Å²) in [6.45, 7) is 6.25. The second-order valence-electron chi connectivity index (χ2n) is 10.4. The van der Waals surface area contributed by atoms with Gasteiger partial charge in [-0.05, 0) is 38.1 Å². The first-order chi connectivity index (χ1) is 17.3. The summed E-state index contributed by atoms with van der Waals surface area (Å²) in [6, 6.07) is -1.88. The molecule has 0 spiro atoms. The summed E-state index contributed by atoms with van der Waals surface area (Å²) in [5.74, 6) is -1.55. The van der Waals surface area contributed by atoms with Crippen molar-refractivity contribution >= 4 is 23.6 Å². The molecule has 0 aromatic rings. The molecule has 3 atom stereocenters. The molecule has 0 saturated carbocycles. The molecule has 0 aliphatic carbocycles. The molecule has 0 aromatic heterocycles. The van der Waals surface area contributed by atoms with Crippen molar-refractivity contribution in [1.82, 2.24) is 21.3 Å². The number of carbonyl (C=O) groups is 4. The quantitative estimate of drug-likeness (QED) is 0.216. The minimum absolute atomic E-state index is 0.106. The summed E-state index contributed by atoms with van der Waals surface area (Å²) in [4.78, 5) is 51.1. The highest BCUT2D eigenvalue weighted by atomic mass is 16.2. The van der Waals surface area contributed by atoms with Crippen LogP contribution in [0.5, 0.6) is 0 Å². The van der Waals surface area contributed by atoms with Crippen molar-refractivity contribution in [2.24, 2.45) is 11.7 Å². The molecule has 9 nitrogen and oxygen atoms in total. The van der Waals surface area contributed by atoms with Gasteiger partial charge in [-0.25, -0.2) is 0 Å². The third-order valence-electron chi connectivity index (χ3n) is 6.73. The Bertz CT molecular complexity index is 671. The minimum Gasteiger partial charge on any atom is -0.351 e. The smallest absolute Gasteiger partial charge is 0.243 e. The largest absolute Gasteiger partial charge is 0.351 e. The molecule has 0 unspecified atom stereocenters. The van der Waals surface area contributed by atoms with Gasteiger partial charge in [0, 0.05) is 12.5 Å². The average molecular weight is 510 g/mol. The Hall–Kier alpha value is -2.16. The minimum atomic E-state index is -0.784. The molecule has 1 rings (SSSR count). The van der Waals surface area contributed by atoms with E-state index in [4.69, 9.17) is 5.73 Å². The van der Waals surface area contributed by atoms with Gasteiger partial charge in [0.05, 0.1) is 6.54 Å². The van der Waals surface area contributed by atoms with Gasteiger partial charge in [-0.2, -0.15) is 0 Å². The molecule has 0 bridgehead atoms. The highest BCUT2D eigenvalue weighted by Crippen LogP contribution is 2.14. The highest BCUT2D eigenvalue weighted by molar-refractivity contribution is 5.94. The van der Waals surface area contributed by atoms with Crippen LogP contribution >= 0.6 is 0 Å². The molecular formula is C27H51N5O4. The first kappa shape index (κ1) is 31.9. The lowest BCUT2D eigenvalue weighted by molar-refractivity contribution is -0.133. The number of amides is 4. The second-order valence-corrected chi connectivity index (χ2v) is 10.4. The number of hydrogen-bond acceptors (Lipinski definition) is 5.